The Balaban J connectivity index is 1.80. The number of hydrogen-bond acceptors (Lipinski definition) is 5. The molecule has 0 aliphatic carbocycles. The number of benzene rings is 1. The highest BCUT2D eigenvalue weighted by Crippen LogP contribution is 2.38. The van der Waals surface area contributed by atoms with Gasteiger partial charge in [-0.1, -0.05) is 11.6 Å². The number of nitrogens with one attached hydrogen (secondary N) is 1. The average Bonchev–Trinajstić information content (AvgIpc) is 2.47. The van der Waals surface area contributed by atoms with Gasteiger partial charge in [0, 0.05) is 26.2 Å². The van der Waals surface area contributed by atoms with Gasteiger partial charge in [0.15, 0.2) is 11.5 Å². The van der Waals surface area contributed by atoms with E-state index in [0.717, 1.165) is 18.7 Å². The highest BCUT2D eigenvalue weighted by Gasteiger charge is 2.27. The van der Waals surface area contributed by atoms with Crippen LogP contribution in [0.15, 0.2) is 12.1 Å². The van der Waals surface area contributed by atoms with Gasteiger partial charge in [0.25, 0.3) is 0 Å². The normalized spacial score (nSPS) is 22.0. The molecule has 2 heterocycles. The van der Waals surface area contributed by atoms with Crippen molar-refractivity contribution >= 4 is 17.5 Å². The quantitative estimate of drug-likeness (QED) is 0.843. The van der Waals surface area contributed by atoms with Gasteiger partial charge in [-0.15, -0.1) is 0 Å². The van der Waals surface area contributed by atoms with E-state index >= 15 is 0 Å². The number of fused-ring (bicyclic) bond motifs is 1. The number of carbonyl (C=O) groups excluding carboxylic acids is 1. The third-order valence-corrected chi connectivity index (χ3v) is 4.01. The van der Waals surface area contributed by atoms with E-state index in [-0.39, 0.29) is 11.9 Å². The second kappa shape index (κ2) is 6.09. The summed E-state index contributed by atoms with van der Waals surface area (Å²) in [5, 5.41) is 3.72. The van der Waals surface area contributed by atoms with E-state index in [1.54, 1.807) is 0 Å². The van der Waals surface area contributed by atoms with Gasteiger partial charge in [-0.05, 0) is 17.7 Å². The van der Waals surface area contributed by atoms with E-state index in [4.69, 9.17) is 26.8 Å². The Morgan fingerprint density at radius 3 is 3.05 bits per heavy atom. The molecule has 3 N–H and O–H groups in total. The lowest BCUT2D eigenvalue weighted by molar-refractivity contribution is -0.124. The summed E-state index contributed by atoms with van der Waals surface area (Å²) in [5.41, 5.74) is 6.44. The molecule has 2 aliphatic heterocycles. The Bertz CT molecular complexity index is 553. The SMILES string of the molecule is NC(=O)C1CNCCN1Cc1cc(Cl)c2c(c1)OCCO2. The summed E-state index contributed by atoms with van der Waals surface area (Å²) in [5.74, 6) is 0.943. The van der Waals surface area contributed by atoms with Crippen LogP contribution >= 0.6 is 11.6 Å². The molecule has 0 spiro atoms. The Morgan fingerprint density at radius 2 is 2.24 bits per heavy atom. The zero-order chi connectivity index (χ0) is 14.8. The number of carbonyl (C=O) groups is 1. The first-order valence-corrected chi connectivity index (χ1v) is 7.35. The van der Waals surface area contributed by atoms with Crippen LogP contribution in [0.1, 0.15) is 5.56 Å². The minimum absolute atomic E-state index is 0.300. The molecule has 114 valence electrons. The molecule has 0 saturated carbocycles. The van der Waals surface area contributed by atoms with E-state index < -0.39 is 0 Å². The molecule has 7 heteroatoms. The van der Waals surface area contributed by atoms with Crippen LogP contribution in [0.4, 0.5) is 0 Å². The number of hydrogen-bond donors (Lipinski definition) is 2. The summed E-state index contributed by atoms with van der Waals surface area (Å²) in [6.07, 6.45) is 0. The lowest BCUT2D eigenvalue weighted by Gasteiger charge is -2.34. The number of primary amides is 1. The van der Waals surface area contributed by atoms with Crippen molar-refractivity contribution in [2.24, 2.45) is 5.73 Å². The zero-order valence-electron chi connectivity index (χ0n) is 11.6. The fourth-order valence-corrected chi connectivity index (χ4v) is 2.99. The molecule has 0 radical (unpaired) electrons. The van der Waals surface area contributed by atoms with Gasteiger partial charge >= 0.3 is 0 Å². The predicted octanol–water partition coefficient (Wildman–Crippen LogP) is 0.370. The molecular weight excluding hydrogens is 294 g/mol. The molecule has 6 nitrogen and oxygen atoms in total. The van der Waals surface area contributed by atoms with Crippen molar-refractivity contribution in [3.8, 4) is 11.5 Å². The third kappa shape index (κ3) is 3.07. The highest BCUT2D eigenvalue weighted by molar-refractivity contribution is 6.32. The van der Waals surface area contributed by atoms with E-state index in [9.17, 15) is 4.79 Å². The minimum atomic E-state index is -0.314. The smallest absolute Gasteiger partial charge is 0.236 e. The molecule has 0 aromatic heterocycles. The monoisotopic (exact) mass is 311 g/mol. The van der Waals surface area contributed by atoms with Crippen LogP contribution in [-0.4, -0.2) is 49.7 Å². The number of amides is 1. The number of nitrogens with zero attached hydrogens (tertiary/aromatic N) is 1. The summed E-state index contributed by atoms with van der Waals surface area (Å²) >= 11 is 6.24. The minimum Gasteiger partial charge on any atom is -0.486 e. The van der Waals surface area contributed by atoms with Crippen LogP contribution in [0, 0.1) is 0 Å². The molecule has 3 rings (SSSR count). The van der Waals surface area contributed by atoms with E-state index in [1.807, 2.05) is 12.1 Å². The number of halogens is 1. The lowest BCUT2D eigenvalue weighted by Crippen LogP contribution is -2.56. The fourth-order valence-electron chi connectivity index (χ4n) is 2.71. The highest BCUT2D eigenvalue weighted by atomic mass is 35.5. The molecule has 2 aliphatic rings. The second-order valence-corrected chi connectivity index (χ2v) is 5.60. The maximum atomic E-state index is 11.5. The molecule has 21 heavy (non-hydrogen) atoms. The lowest BCUT2D eigenvalue weighted by atomic mass is 10.1. The Morgan fingerprint density at radius 1 is 1.43 bits per heavy atom. The topological polar surface area (TPSA) is 76.8 Å². The molecule has 1 unspecified atom stereocenters. The second-order valence-electron chi connectivity index (χ2n) is 5.19. The Hall–Kier alpha value is -1.50. The molecule has 1 fully saturated rings. The van der Waals surface area contributed by atoms with E-state index in [1.165, 1.54) is 0 Å². The summed E-state index contributed by atoms with van der Waals surface area (Å²) in [6.45, 7) is 3.80. The first-order valence-electron chi connectivity index (χ1n) is 6.97. The van der Waals surface area contributed by atoms with Gasteiger partial charge in [0.05, 0.1) is 5.02 Å². The third-order valence-electron chi connectivity index (χ3n) is 3.72. The molecule has 1 aromatic rings. The average molecular weight is 312 g/mol. The van der Waals surface area contributed by atoms with Gasteiger partial charge in [0.2, 0.25) is 5.91 Å². The maximum Gasteiger partial charge on any atom is 0.236 e. The first-order chi connectivity index (χ1) is 10.1. The van der Waals surface area contributed by atoms with Crippen molar-refractivity contribution in [1.29, 1.82) is 0 Å². The Kier molecular flexibility index (Phi) is 4.19. The summed E-state index contributed by atoms with van der Waals surface area (Å²) < 4.78 is 11.1. The predicted molar refractivity (Wildman–Crippen MR) is 78.7 cm³/mol. The van der Waals surface area contributed by atoms with Crippen molar-refractivity contribution in [3.05, 3.63) is 22.7 Å². The van der Waals surface area contributed by atoms with Gasteiger partial charge in [0.1, 0.15) is 19.3 Å². The van der Waals surface area contributed by atoms with E-state index in [2.05, 4.69) is 10.2 Å². The van der Waals surface area contributed by atoms with Gasteiger partial charge in [-0.25, -0.2) is 0 Å². The van der Waals surface area contributed by atoms with Gasteiger partial charge in [-0.2, -0.15) is 0 Å². The molecule has 0 bridgehead atoms. The zero-order valence-corrected chi connectivity index (χ0v) is 12.4. The van der Waals surface area contributed by atoms with Crippen LogP contribution in [-0.2, 0) is 11.3 Å². The first kappa shape index (κ1) is 14.4. The van der Waals surface area contributed by atoms with Crippen LogP contribution in [0.5, 0.6) is 11.5 Å². The van der Waals surface area contributed by atoms with Crippen LogP contribution < -0.4 is 20.5 Å². The molecule has 1 atom stereocenters. The summed E-state index contributed by atoms with van der Waals surface area (Å²) in [7, 11) is 0. The number of nitrogens with two attached hydrogens (primary N) is 1. The van der Waals surface area contributed by atoms with Crippen molar-refractivity contribution in [2.45, 2.75) is 12.6 Å². The standard InChI is InChI=1S/C14H18ClN3O3/c15-10-5-9(6-12-13(10)21-4-3-20-12)8-18-2-1-17-7-11(18)14(16)19/h5-6,11,17H,1-4,7-8H2,(H2,16,19). The molecule has 1 aromatic carbocycles. The molecular formula is C14H18ClN3O3. The number of piperazine rings is 1. The maximum absolute atomic E-state index is 11.5. The summed E-state index contributed by atoms with van der Waals surface area (Å²) in [6, 6.07) is 3.47. The molecule has 1 amide bonds. The fraction of sp³-hybridized carbons (Fsp3) is 0.500. The van der Waals surface area contributed by atoms with Gasteiger partial charge < -0.3 is 20.5 Å². The van der Waals surface area contributed by atoms with Crippen molar-refractivity contribution in [1.82, 2.24) is 10.2 Å². The van der Waals surface area contributed by atoms with Crippen molar-refractivity contribution < 1.29 is 14.3 Å². The Labute approximate surface area is 128 Å². The van der Waals surface area contributed by atoms with E-state index in [0.29, 0.717) is 42.8 Å². The van der Waals surface area contributed by atoms with Crippen LogP contribution in [0.3, 0.4) is 0 Å². The van der Waals surface area contributed by atoms with Crippen LogP contribution in [0.25, 0.3) is 0 Å². The van der Waals surface area contributed by atoms with Gasteiger partial charge in [-0.3, -0.25) is 9.69 Å². The van der Waals surface area contributed by atoms with Crippen LogP contribution in [0.2, 0.25) is 5.02 Å². The van der Waals surface area contributed by atoms with Crippen molar-refractivity contribution in [2.75, 3.05) is 32.8 Å². The number of rotatable bonds is 3. The summed E-state index contributed by atoms with van der Waals surface area (Å²) in [4.78, 5) is 13.6. The largest absolute Gasteiger partial charge is 0.486 e. The van der Waals surface area contributed by atoms with Crippen molar-refractivity contribution in [3.63, 3.8) is 0 Å². The number of ether oxygens (including phenoxy) is 2. The molecule has 1 saturated heterocycles.